The molecule has 86 valence electrons. The van der Waals surface area contributed by atoms with Crippen LogP contribution in [0.4, 0.5) is 0 Å². The molecule has 0 bridgehead atoms. The molecule has 0 aliphatic carbocycles. The molecule has 0 saturated carbocycles. The van der Waals surface area contributed by atoms with E-state index in [-0.39, 0.29) is 17.7 Å². The molecule has 3 N–H and O–H groups in total. The Kier molecular flexibility index (Phi) is 3.05. The predicted molar refractivity (Wildman–Crippen MR) is 59.0 cm³/mol. The number of amides is 1. The topological polar surface area (TPSA) is 79.5 Å². The highest BCUT2D eigenvalue weighted by molar-refractivity contribution is 5.94. The van der Waals surface area contributed by atoms with E-state index in [9.17, 15) is 9.90 Å². The van der Waals surface area contributed by atoms with Crippen molar-refractivity contribution in [1.29, 1.82) is 0 Å². The molecule has 0 unspecified atom stereocenters. The third-order valence-corrected chi connectivity index (χ3v) is 2.80. The minimum absolute atomic E-state index is 0.0135. The largest absolute Gasteiger partial charge is 0.506 e. The molecule has 0 aromatic carbocycles. The Hall–Kier alpha value is -1.62. The molecule has 1 aromatic rings. The van der Waals surface area contributed by atoms with Crippen molar-refractivity contribution >= 4 is 5.91 Å². The minimum atomic E-state index is -0.0877. The molecule has 5 heteroatoms. The van der Waals surface area contributed by atoms with Crippen LogP contribution in [0.3, 0.4) is 0 Å². The standard InChI is InChI=1S/C11H15N3O2/c12-9-1-3-14(4-2-9)11(16)8-5-10(15)7-13-6-8/h5-7,9,15H,1-4,12H2. The Labute approximate surface area is 93.9 Å². The van der Waals surface area contributed by atoms with Crippen molar-refractivity contribution in [3.05, 3.63) is 24.0 Å². The van der Waals surface area contributed by atoms with Gasteiger partial charge < -0.3 is 15.7 Å². The van der Waals surface area contributed by atoms with Gasteiger partial charge in [0.15, 0.2) is 0 Å². The van der Waals surface area contributed by atoms with Crippen LogP contribution >= 0.6 is 0 Å². The van der Waals surface area contributed by atoms with E-state index in [2.05, 4.69) is 4.98 Å². The second-order valence-corrected chi connectivity index (χ2v) is 4.06. The van der Waals surface area contributed by atoms with Crippen LogP contribution in [0, 0.1) is 0 Å². The molecule has 1 saturated heterocycles. The number of hydrogen-bond acceptors (Lipinski definition) is 4. The molecule has 1 aliphatic rings. The van der Waals surface area contributed by atoms with Gasteiger partial charge in [0.05, 0.1) is 11.8 Å². The van der Waals surface area contributed by atoms with Crippen LogP contribution in [-0.2, 0) is 0 Å². The van der Waals surface area contributed by atoms with E-state index in [4.69, 9.17) is 5.73 Å². The maximum absolute atomic E-state index is 12.0. The lowest BCUT2D eigenvalue weighted by molar-refractivity contribution is 0.0714. The first-order chi connectivity index (χ1) is 7.66. The fraction of sp³-hybridized carbons (Fsp3) is 0.455. The molecule has 0 radical (unpaired) electrons. The number of carbonyl (C=O) groups is 1. The lowest BCUT2D eigenvalue weighted by Crippen LogP contribution is -2.42. The molecule has 2 rings (SSSR count). The fourth-order valence-corrected chi connectivity index (χ4v) is 1.83. The van der Waals surface area contributed by atoms with E-state index in [0.29, 0.717) is 18.7 Å². The quantitative estimate of drug-likeness (QED) is 0.717. The SMILES string of the molecule is NC1CCN(C(=O)c2cncc(O)c2)CC1. The van der Waals surface area contributed by atoms with Crippen molar-refractivity contribution in [2.45, 2.75) is 18.9 Å². The molecule has 0 atom stereocenters. The molecule has 0 spiro atoms. The van der Waals surface area contributed by atoms with Gasteiger partial charge in [0.1, 0.15) is 5.75 Å². The van der Waals surface area contributed by atoms with Gasteiger partial charge >= 0.3 is 0 Å². The summed E-state index contributed by atoms with van der Waals surface area (Å²) in [7, 11) is 0. The molecule has 1 aromatic heterocycles. The van der Waals surface area contributed by atoms with Crippen LogP contribution in [0.25, 0.3) is 0 Å². The van der Waals surface area contributed by atoms with Gasteiger partial charge in [-0.25, -0.2) is 0 Å². The average Bonchev–Trinajstić information content (AvgIpc) is 2.29. The number of pyridine rings is 1. The zero-order chi connectivity index (χ0) is 11.5. The van der Waals surface area contributed by atoms with Crippen LogP contribution in [0.1, 0.15) is 23.2 Å². The summed E-state index contributed by atoms with van der Waals surface area (Å²) in [6, 6.07) is 1.63. The fourth-order valence-electron chi connectivity index (χ4n) is 1.83. The molecule has 1 fully saturated rings. The summed E-state index contributed by atoms with van der Waals surface area (Å²) in [5, 5.41) is 9.25. The molecule has 2 heterocycles. The summed E-state index contributed by atoms with van der Waals surface area (Å²) < 4.78 is 0. The minimum Gasteiger partial charge on any atom is -0.506 e. The number of aromatic nitrogens is 1. The number of piperidine rings is 1. The Morgan fingerprint density at radius 1 is 1.44 bits per heavy atom. The maximum atomic E-state index is 12.0. The van der Waals surface area contributed by atoms with Crippen LogP contribution in [0.15, 0.2) is 18.5 Å². The summed E-state index contributed by atoms with van der Waals surface area (Å²) in [5.74, 6) is -0.0742. The third-order valence-electron chi connectivity index (χ3n) is 2.80. The van der Waals surface area contributed by atoms with Gasteiger partial charge in [0.2, 0.25) is 0 Å². The van der Waals surface area contributed by atoms with Crippen molar-refractivity contribution in [2.75, 3.05) is 13.1 Å². The molecule has 1 amide bonds. The van der Waals surface area contributed by atoms with E-state index in [1.807, 2.05) is 0 Å². The Morgan fingerprint density at radius 3 is 2.75 bits per heavy atom. The number of aromatic hydroxyl groups is 1. The van der Waals surface area contributed by atoms with Crippen LogP contribution in [0.2, 0.25) is 0 Å². The third kappa shape index (κ3) is 2.30. The number of nitrogens with zero attached hydrogens (tertiary/aromatic N) is 2. The number of nitrogens with two attached hydrogens (primary N) is 1. The normalized spacial score (nSPS) is 17.4. The van der Waals surface area contributed by atoms with Gasteiger partial charge in [0, 0.05) is 25.3 Å². The highest BCUT2D eigenvalue weighted by Gasteiger charge is 2.21. The van der Waals surface area contributed by atoms with Gasteiger partial charge in [-0.2, -0.15) is 0 Å². The highest BCUT2D eigenvalue weighted by Crippen LogP contribution is 2.14. The van der Waals surface area contributed by atoms with Crippen molar-refractivity contribution in [2.24, 2.45) is 5.73 Å². The van der Waals surface area contributed by atoms with E-state index in [1.165, 1.54) is 18.5 Å². The average molecular weight is 221 g/mol. The van der Waals surface area contributed by atoms with Gasteiger partial charge in [-0.05, 0) is 18.9 Å². The Balaban J connectivity index is 2.08. The molecular formula is C11H15N3O2. The first-order valence-electron chi connectivity index (χ1n) is 5.35. The van der Waals surface area contributed by atoms with Gasteiger partial charge in [-0.15, -0.1) is 0 Å². The summed E-state index contributed by atoms with van der Waals surface area (Å²) in [5.41, 5.74) is 6.20. The zero-order valence-corrected chi connectivity index (χ0v) is 8.97. The second kappa shape index (κ2) is 4.49. The van der Waals surface area contributed by atoms with E-state index in [1.54, 1.807) is 4.90 Å². The monoisotopic (exact) mass is 221 g/mol. The van der Waals surface area contributed by atoms with E-state index >= 15 is 0 Å². The molecule has 16 heavy (non-hydrogen) atoms. The Morgan fingerprint density at radius 2 is 2.12 bits per heavy atom. The summed E-state index contributed by atoms with van der Waals surface area (Å²) in [6.45, 7) is 1.35. The van der Waals surface area contributed by atoms with Gasteiger partial charge in [-0.1, -0.05) is 0 Å². The first-order valence-corrected chi connectivity index (χ1v) is 5.35. The van der Waals surface area contributed by atoms with E-state index in [0.717, 1.165) is 12.8 Å². The lowest BCUT2D eigenvalue weighted by Gasteiger charge is -2.30. The highest BCUT2D eigenvalue weighted by atomic mass is 16.3. The van der Waals surface area contributed by atoms with Crippen molar-refractivity contribution < 1.29 is 9.90 Å². The predicted octanol–water partition coefficient (Wildman–Crippen LogP) is 0.350. The number of hydrogen-bond donors (Lipinski definition) is 2. The summed E-state index contributed by atoms with van der Waals surface area (Å²) in [6.07, 6.45) is 4.44. The number of likely N-dealkylation sites (tertiary alicyclic amines) is 1. The number of rotatable bonds is 1. The van der Waals surface area contributed by atoms with Crippen molar-refractivity contribution in [3.8, 4) is 5.75 Å². The smallest absolute Gasteiger partial charge is 0.255 e. The van der Waals surface area contributed by atoms with E-state index < -0.39 is 0 Å². The number of carbonyl (C=O) groups excluding carboxylic acids is 1. The van der Waals surface area contributed by atoms with Crippen LogP contribution in [-0.4, -0.2) is 40.0 Å². The van der Waals surface area contributed by atoms with Crippen LogP contribution in [0.5, 0.6) is 5.75 Å². The van der Waals surface area contributed by atoms with Gasteiger partial charge in [0.25, 0.3) is 5.91 Å². The van der Waals surface area contributed by atoms with Crippen molar-refractivity contribution in [1.82, 2.24) is 9.88 Å². The molecule has 1 aliphatic heterocycles. The first kappa shape index (κ1) is 10.9. The van der Waals surface area contributed by atoms with Crippen LogP contribution < -0.4 is 5.73 Å². The Bertz CT molecular complexity index is 387. The zero-order valence-electron chi connectivity index (χ0n) is 8.97. The summed E-state index contributed by atoms with van der Waals surface area (Å²) >= 11 is 0. The summed E-state index contributed by atoms with van der Waals surface area (Å²) in [4.78, 5) is 17.5. The van der Waals surface area contributed by atoms with Gasteiger partial charge in [-0.3, -0.25) is 9.78 Å². The lowest BCUT2D eigenvalue weighted by atomic mass is 10.1. The molecular weight excluding hydrogens is 206 g/mol. The second-order valence-electron chi connectivity index (χ2n) is 4.06. The molecule has 5 nitrogen and oxygen atoms in total. The maximum Gasteiger partial charge on any atom is 0.255 e. The van der Waals surface area contributed by atoms with Crippen molar-refractivity contribution in [3.63, 3.8) is 0 Å².